The lowest BCUT2D eigenvalue weighted by atomic mass is 10.0. The minimum Gasteiger partial charge on any atom is -0.462 e. The van der Waals surface area contributed by atoms with Crippen molar-refractivity contribution in [1.29, 1.82) is 0 Å². The van der Waals surface area contributed by atoms with Crippen molar-refractivity contribution in [2.45, 2.75) is 25.8 Å². The van der Waals surface area contributed by atoms with Crippen molar-refractivity contribution in [2.75, 3.05) is 45.7 Å². The van der Waals surface area contributed by atoms with Crippen LogP contribution in [0, 0.1) is 0 Å². The minimum atomic E-state index is -0.408. The normalized spacial score (nSPS) is 15.4. The number of likely N-dealkylation sites (tertiary alicyclic amines) is 1. The van der Waals surface area contributed by atoms with Gasteiger partial charge in [-0.25, -0.2) is 4.79 Å². The molecule has 1 amide bonds. The maximum absolute atomic E-state index is 12.7. The Morgan fingerprint density at radius 3 is 2.52 bits per heavy atom. The Labute approximate surface area is 176 Å². The number of hydrogen-bond donors (Lipinski definition) is 1. The van der Waals surface area contributed by atoms with Gasteiger partial charge in [0.05, 0.1) is 13.2 Å². The van der Waals surface area contributed by atoms with Gasteiger partial charge >= 0.3 is 5.97 Å². The number of hydrogen-bond acceptors (Lipinski definition) is 6. The molecule has 0 saturated carbocycles. The van der Waals surface area contributed by atoms with Crippen molar-refractivity contribution in [3.63, 3.8) is 0 Å². The molecule has 1 saturated heterocycles. The molecule has 7 heteroatoms. The van der Waals surface area contributed by atoms with E-state index >= 15 is 0 Å². The fourth-order valence-electron chi connectivity index (χ4n) is 3.65. The third kappa shape index (κ3) is 5.44. The zero-order chi connectivity index (χ0) is 20.8. The quantitative estimate of drug-likeness (QED) is 0.701. The summed E-state index contributed by atoms with van der Waals surface area (Å²) < 4.78 is 5.26. The highest BCUT2D eigenvalue weighted by Gasteiger charge is 2.25. The van der Waals surface area contributed by atoms with E-state index in [1.54, 1.807) is 6.92 Å². The van der Waals surface area contributed by atoms with Crippen molar-refractivity contribution < 1.29 is 14.3 Å². The van der Waals surface area contributed by atoms with Gasteiger partial charge in [-0.3, -0.25) is 9.69 Å². The highest BCUT2D eigenvalue weighted by Crippen LogP contribution is 2.36. The van der Waals surface area contributed by atoms with Gasteiger partial charge in [0.25, 0.3) is 0 Å². The number of rotatable bonds is 7. The van der Waals surface area contributed by atoms with Crippen LogP contribution < -0.4 is 5.32 Å². The second-order valence-corrected chi connectivity index (χ2v) is 8.34. The molecule has 0 atom stereocenters. The van der Waals surface area contributed by atoms with E-state index in [0.29, 0.717) is 23.2 Å². The zero-order valence-corrected chi connectivity index (χ0v) is 18.1. The standard InChI is InChI=1S/C22H29N3O3S/c1-4-28-22(27)20-18(16-8-6-5-7-9-16)15-29-21(20)23-19(26)14-25-12-10-17(11-13-25)24(2)3/h5-9,15,17H,4,10-14H2,1-3H3,(H,23,26). The predicted molar refractivity (Wildman–Crippen MR) is 117 cm³/mol. The van der Waals surface area contributed by atoms with E-state index in [9.17, 15) is 9.59 Å². The smallest absolute Gasteiger partial charge is 0.341 e. The summed E-state index contributed by atoms with van der Waals surface area (Å²) in [5, 5.41) is 5.40. The zero-order valence-electron chi connectivity index (χ0n) is 17.3. The Kier molecular flexibility index (Phi) is 7.41. The molecule has 0 bridgehead atoms. The van der Waals surface area contributed by atoms with E-state index in [2.05, 4.69) is 29.2 Å². The van der Waals surface area contributed by atoms with E-state index in [1.165, 1.54) is 11.3 Å². The maximum atomic E-state index is 12.7. The van der Waals surface area contributed by atoms with Crippen molar-refractivity contribution in [3.05, 3.63) is 41.3 Å². The average Bonchev–Trinajstić information content (AvgIpc) is 3.12. The van der Waals surface area contributed by atoms with Crippen LogP contribution in [0.1, 0.15) is 30.1 Å². The molecule has 29 heavy (non-hydrogen) atoms. The summed E-state index contributed by atoms with van der Waals surface area (Å²) >= 11 is 1.36. The second kappa shape index (κ2) is 10.0. The van der Waals surface area contributed by atoms with Crippen molar-refractivity contribution in [1.82, 2.24) is 9.80 Å². The third-order valence-corrected chi connectivity index (χ3v) is 6.16. The number of benzene rings is 1. The molecular weight excluding hydrogens is 386 g/mol. The average molecular weight is 416 g/mol. The van der Waals surface area contributed by atoms with E-state index in [1.807, 2.05) is 35.7 Å². The molecule has 0 spiro atoms. The molecular formula is C22H29N3O3S. The van der Waals surface area contributed by atoms with Gasteiger partial charge in [0.2, 0.25) is 5.91 Å². The summed E-state index contributed by atoms with van der Waals surface area (Å²) in [7, 11) is 4.20. The molecule has 1 aliphatic heterocycles. The highest BCUT2D eigenvalue weighted by molar-refractivity contribution is 7.15. The first-order chi connectivity index (χ1) is 14.0. The lowest BCUT2D eigenvalue weighted by Gasteiger charge is -2.34. The number of thiophene rings is 1. The van der Waals surface area contributed by atoms with Crippen LogP contribution in [0.3, 0.4) is 0 Å². The molecule has 1 fully saturated rings. The lowest BCUT2D eigenvalue weighted by molar-refractivity contribution is -0.117. The molecule has 3 rings (SSSR count). The van der Waals surface area contributed by atoms with Gasteiger partial charge in [-0.05, 0) is 39.4 Å². The van der Waals surface area contributed by atoms with Gasteiger partial charge in [-0.2, -0.15) is 0 Å². The molecule has 1 aliphatic rings. The van der Waals surface area contributed by atoms with Crippen LogP contribution in [0.25, 0.3) is 11.1 Å². The monoisotopic (exact) mass is 415 g/mol. The molecule has 0 radical (unpaired) electrons. The first-order valence-corrected chi connectivity index (χ1v) is 10.9. The number of carbonyl (C=O) groups excluding carboxylic acids is 2. The molecule has 2 aromatic rings. The van der Waals surface area contributed by atoms with E-state index in [4.69, 9.17) is 4.74 Å². The van der Waals surface area contributed by atoms with E-state index in [0.717, 1.165) is 37.1 Å². The van der Waals surface area contributed by atoms with Crippen LogP contribution in [0.4, 0.5) is 5.00 Å². The van der Waals surface area contributed by atoms with Gasteiger partial charge in [0.1, 0.15) is 10.6 Å². The Balaban J connectivity index is 1.71. The molecule has 0 aliphatic carbocycles. The van der Waals surface area contributed by atoms with E-state index in [-0.39, 0.29) is 12.5 Å². The Morgan fingerprint density at radius 1 is 1.21 bits per heavy atom. The second-order valence-electron chi connectivity index (χ2n) is 7.46. The first kappa shape index (κ1) is 21.5. The third-order valence-electron chi connectivity index (χ3n) is 5.26. The number of anilines is 1. The Morgan fingerprint density at radius 2 is 1.90 bits per heavy atom. The Bertz CT molecular complexity index is 827. The van der Waals surface area contributed by atoms with Crippen LogP contribution in [0.2, 0.25) is 0 Å². The molecule has 1 aromatic heterocycles. The fourth-order valence-corrected chi connectivity index (χ4v) is 4.62. The highest BCUT2D eigenvalue weighted by atomic mass is 32.1. The minimum absolute atomic E-state index is 0.0969. The van der Waals surface area contributed by atoms with Gasteiger partial charge < -0.3 is 15.0 Å². The Hall–Kier alpha value is -2.22. The summed E-state index contributed by atoms with van der Waals surface area (Å²) in [5.74, 6) is -0.505. The number of amides is 1. The number of carbonyl (C=O) groups is 2. The maximum Gasteiger partial charge on any atom is 0.341 e. The first-order valence-electron chi connectivity index (χ1n) is 10.0. The SMILES string of the molecule is CCOC(=O)c1c(-c2ccccc2)csc1NC(=O)CN1CCC(N(C)C)CC1. The van der Waals surface area contributed by atoms with Crippen LogP contribution in [0.5, 0.6) is 0 Å². The summed E-state index contributed by atoms with van der Waals surface area (Å²) in [6.07, 6.45) is 2.12. The largest absolute Gasteiger partial charge is 0.462 e. The van der Waals surface area contributed by atoms with Crippen LogP contribution in [0.15, 0.2) is 35.7 Å². The van der Waals surface area contributed by atoms with Crippen LogP contribution >= 0.6 is 11.3 Å². The molecule has 6 nitrogen and oxygen atoms in total. The van der Waals surface area contributed by atoms with Gasteiger partial charge in [0.15, 0.2) is 0 Å². The number of ether oxygens (including phenoxy) is 1. The topological polar surface area (TPSA) is 61.9 Å². The van der Waals surface area contributed by atoms with Crippen LogP contribution in [-0.4, -0.2) is 68.1 Å². The molecule has 2 heterocycles. The summed E-state index contributed by atoms with van der Waals surface area (Å²) in [6.45, 7) is 4.21. The lowest BCUT2D eigenvalue weighted by Crippen LogP contribution is -2.44. The number of esters is 1. The summed E-state index contributed by atoms with van der Waals surface area (Å²) in [4.78, 5) is 29.7. The summed E-state index contributed by atoms with van der Waals surface area (Å²) in [5.41, 5.74) is 2.15. The predicted octanol–water partition coefficient (Wildman–Crippen LogP) is 3.56. The molecule has 1 aromatic carbocycles. The molecule has 156 valence electrons. The fraction of sp³-hybridized carbons (Fsp3) is 0.455. The van der Waals surface area contributed by atoms with Gasteiger partial charge in [0, 0.05) is 30.1 Å². The van der Waals surface area contributed by atoms with Crippen LogP contribution in [-0.2, 0) is 9.53 Å². The van der Waals surface area contributed by atoms with Crippen molar-refractivity contribution in [2.24, 2.45) is 0 Å². The van der Waals surface area contributed by atoms with Crippen molar-refractivity contribution >= 4 is 28.2 Å². The molecule has 1 N–H and O–H groups in total. The van der Waals surface area contributed by atoms with E-state index < -0.39 is 5.97 Å². The number of piperidine rings is 1. The van der Waals surface area contributed by atoms with Gasteiger partial charge in [-0.15, -0.1) is 11.3 Å². The van der Waals surface area contributed by atoms with Crippen molar-refractivity contribution in [3.8, 4) is 11.1 Å². The molecule has 0 unspecified atom stereocenters. The van der Waals surface area contributed by atoms with Gasteiger partial charge in [-0.1, -0.05) is 30.3 Å². The number of nitrogens with one attached hydrogen (secondary N) is 1. The summed E-state index contributed by atoms with van der Waals surface area (Å²) in [6, 6.07) is 10.3. The number of nitrogens with zero attached hydrogens (tertiary/aromatic N) is 2.